The molecule has 44 heavy (non-hydrogen) atoms. The van der Waals surface area contributed by atoms with Gasteiger partial charge in [-0.3, -0.25) is 0 Å². The maximum Gasteiger partial charge on any atom is 0.335 e. The largest absolute Gasteiger partial charge is 0.478 e. The lowest BCUT2D eigenvalue weighted by Gasteiger charge is -2.29. The van der Waals surface area contributed by atoms with Gasteiger partial charge in [-0.1, -0.05) is 72.8 Å². The Morgan fingerprint density at radius 1 is 0.818 bits per heavy atom. The average molecular weight is 578 g/mol. The molecule has 2 aliphatic heterocycles. The van der Waals surface area contributed by atoms with Crippen LogP contribution in [0.2, 0.25) is 0 Å². The number of carboxylic acid groups (broad SMARTS) is 1. The molecule has 0 fully saturated rings. The van der Waals surface area contributed by atoms with Gasteiger partial charge in [0, 0.05) is 41.6 Å². The number of nitrogens with zero attached hydrogens (tertiary/aromatic N) is 2. The molecule has 5 aromatic rings. The number of allylic oxidation sites excluding steroid dienone is 4. The second-order valence-electron chi connectivity index (χ2n) is 12.9. The van der Waals surface area contributed by atoms with Crippen LogP contribution in [0.1, 0.15) is 47.8 Å². The third-order valence-corrected chi connectivity index (χ3v) is 9.91. The summed E-state index contributed by atoms with van der Waals surface area (Å²) >= 11 is 0. The quantitative estimate of drug-likeness (QED) is 0.212. The highest BCUT2D eigenvalue weighted by molar-refractivity contribution is 6.07. The summed E-state index contributed by atoms with van der Waals surface area (Å²) in [5.74, 6) is -0.905. The molecule has 218 valence electrons. The number of fused-ring (bicyclic) bond motifs is 6. The van der Waals surface area contributed by atoms with Crippen LogP contribution in [0.5, 0.6) is 0 Å². The van der Waals surface area contributed by atoms with E-state index in [9.17, 15) is 9.90 Å². The van der Waals surface area contributed by atoms with Gasteiger partial charge in [0.15, 0.2) is 5.71 Å². The van der Waals surface area contributed by atoms with Crippen molar-refractivity contribution in [1.82, 2.24) is 0 Å². The van der Waals surface area contributed by atoms with Gasteiger partial charge in [0.2, 0.25) is 5.69 Å². The molecule has 4 heteroatoms. The predicted octanol–water partition coefficient (Wildman–Crippen LogP) is 8.79. The molecule has 2 aliphatic rings. The number of anilines is 1. The minimum absolute atomic E-state index is 0.157. The van der Waals surface area contributed by atoms with Crippen LogP contribution >= 0.6 is 0 Å². The second kappa shape index (κ2) is 10.1. The van der Waals surface area contributed by atoms with E-state index in [-0.39, 0.29) is 10.8 Å². The summed E-state index contributed by atoms with van der Waals surface area (Å²) in [5, 5.41) is 14.5. The zero-order chi connectivity index (χ0) is 30.8. The van der Waals surface area contributed by atoms with Crippen LogP contribution in [0.15, 0.2) is 121 Å². The molecule has 0 saturated carbocycles. The fraction of sp³-hybridized carbons (Fsp3) is 0.200. The fourth-order valence-corrected chi connectivity index (χ4v) is 7.82. The van der Waals surface area contributed by atoms with E-state index in [1.54, 1.807) is 12.1 Å². The Hall–Kier alpha value is -4.96. The average Bonchev–Trinajstić information content (AvgIpc) is 3.35. The minimum atomic E-state index is -0.905. The lowest BCUT2D eigenvalue weighted by molar-refractivity contribution is -0.401. The van der Waals surface area contributed by atoms with Gasteiger partial charge in [-0.05, 0) is 90.2 Å². The van der Waals surface area contributed by atoms with Crippen molar-refractivity contribution >= 4 is 44.6 Å². The Kier molecular flexibility index (Phi) is 6.36. The Labute approximate surface area is 258 Å². The number of rotatable bonds is 5. The van der Waals surface area contributed by atoms with Gasteiger partial charge >= 0.3 is 5.97 Å². The summed E-state index contributed by atoms with van der Waals surface area (Å²) in [7, 11) is 4.33. The van der Waals surface area contributed by atoms with Crippen LogP contribution in [0.3, 0.4) is 0 Å². The van der Waals surface area contributed by atoms with Crippen LogP contribution < -0.4 is 4.90 Å². The van der Waals surface area contributed by atoms with E-state index in [2.05, 4.69) is 135 Å². The summed E-state index contributed by atoms with van der Waals surface area (Å²) in [5.41, 5.74) is 8.54. The van der Waals surface area contributed by atoms with Crippen molar-refractivity contribution < 1.29 is 14.5 Å². The molecule has 4 nitrogen and oxygen atoms in total. The van der Waals surface area contributed by atoms with Gasteiger partial charge in [0.1, 0.15) is 7.05 Å². The van der Waals surface area contributed by atoms with E-state index in [0.29, 0.717) is 5.56 Å². The number of hydrogen-bond donors (Lipinski definition) is 1. The molecule has 0 aliphatic carbocycles. The molecule has 1 N–H and O–H groups in total. The van der Waals surface area contributed by atoms with Crippen LogP contribution in [-0.2, 0) is 17.3 Å². The van der Waals surface area contributed by atoms with Gasteiger partial charge in [-0.15, -0.1) is 0 Å². The Morgan fingerprint density at radius 3 is 2.09 bits per heavy atom. The van der Waals surface area contributed by atoms with E-state index >= 15 is 0 Å². The molecular formula is C40H37N2O2+. The van der Waals surface area contributed by atoms with Crippen LogP contribution in [0.25, 0.3) is 21.5 Å². The van der Waals surface area contributed by atoms with E-state index < -0.39 is 5.97 Å². The molecule has 5 aromatic carbocycles. The molecule has 0 amide bonds. The van der Waals surface area contributed by atoms with Gasteiger partial charge in [-0.2, -0.15) is 4.58 Å². The standard InChI is InChI=1S/C40H36N2O2/c1-39(2)34(41(4)32-23-21-27-11-6-8-13-30(27)36(32)39)15-10-16-35-40(3,25-26-17-19-29(20-18-26)38(43)44)37-31-14-9-7-12-28(31)22-24-33(37)42(35)5/h6-24H,25H2,1-5H3/p+1. The first kappa shape index (κ1) is 27.8. The third kappa shape index (κ3) is 4.12. The maximum absolute atomic E-state index is 11.5. The number of benzene rings is 5. The summed E-state index contributed by atoms with van der Waals surface area (Å²) in [4.78, 5) is 13.9. The highest BCUT2D eigenvalue weighted by atomic mass is 16.4. The van der Waals surface area contributed by atoms with Gasteiger partial charge in [-0.25, -0.2) is 4.79 Å². The second-order valence-corrected chi connectivity index (χ2v) is 12.9. The number of hydrogen-bond acceptors (Lipinski definition) is 2. The van der Waals surface area contributed by atoms with Gasteiger partial charge in [0.25, 0.3) is 0 Å². The zero-order valence-corrected chi connectivity index (χ0v) is 25.9. The molecule has 7 rings (SSSR count). The van der Waals surface area contributed by atoms with Crippen molar-refractivity contribution in [1.29, 1.82) is 0 Å². The van der Waals surface area contributed by atoms with Crippen LogP contribution in [0.4, 0.5) is 11.4 Å². The van der Waals surface area contributed by atoms with Crippen molar-refractivity contribution in [2.45, 2.75) is 38.0 Å². The molecule has 0 radical (unpaired) electrons. The number of aromatic carboxylic acids is 1. The summed E-state index contributed by atoms with van der Waals surface area (Å²) < 4.78 is 2.33. The highest BCUT2D eigenvalue weighted by Crippen LogP contribution is 2.52. The monoisotopic (exact) mass is 577 g/mol. The smallest absolute Gasteiger partial charge is 0.335 e. The topological polar surface area (TPSA) is 43.5 Å². The van der Waals surface area contributed by atoms with Gasteiger partial charge in [0.05, 0.1) is 11.0 Å². The fourth-order valence-electron chi connectivity index (χ4n) is 7.82. The molecule has 0 aromatic heterocycles. The van der Waals surface area contributed by atoms with Crippen molar-refractivity contribution in [3.63, 3.8) is 0 Å². The normalized spacial score (nSPS) is 19.8. The lowest BCUT2D eigenvalue weighted by Crippen LogP contribution is -2.29. The Morgan fingerprint density at radius 2 is 1.43 bits per heavy atom. The molecule has 0 bridgehead atoms. The van der Waals surface area contributed by atoms with Crippen molar-refractivity contribution in [3.8, 4) is 0 Å². The molecule has 0 saturated heterocycles. The first-order valence-corrected chi connectivity index (χ1v) is 15.2. The van der Waals surface area contributed by atoms with Gasteiger partial charge < -0.3 is 10.0 Å². The SMILES string of the molecule is CN1/C(=C/C=C/C2=[N+](C)c3ccc4ccccc4c3C2(C)C)C(C)(Cc2ccc(C(=O)O)cc2)c2c1ccc1ccccc21. The summed E-state index contributed by atoms with van der Waals surface area (Å²) in [6.45, 7) is 6.97. The lowest BCUT2D eigenvalue weighted by atomic mass is 9.74. The molecule has 0 spiro atoms. The number of likely N-dealkylation sites (N-methyl/N-ethyl adjacent to an activating group) is 1. The Balaban J connectivity index is 1.33. The first-order chi connectivity index (χ1) is 21.1. The van der Waals surface area contributed by atoms with E-state index in [4.69, 9.17) is 0 Å². The number of carbonyl (C=O) groups is 1. The van der Waals surface area contributed by atoms with Crippen molar-refractivity contribution in [2.24, 2.45) is 0 Å². The van der Waals surface area contributed by atoms with E-state index in [1.807, 2.05) is 12.1 Å². The molecular weight excluding hydrogens is 540 g/mol. The van der Waals surface area contributed by atoms with Crippen molar-refractivity contribution in [3.05, 3.63) is 143 Å². The molecule has 2 heterocycles. The third-order valence-electron chi connectivity index (χ3n) is 9.91. The van der Waals surface area contributed by atoms with E-state index in [1.165, 1.54) is 55.5 Å². The summed E-state index contributed by atoms with van der Waals surface area (Å²) in [6, 6.07) is 33.5. The molecule has 1 atom stereocenters. The Bertz CT molecular complexity index is 2080. The zero-order valence-electron chi connectivity index (χ0n) is 25.9. The molecule has 1 unspecified atom stereocenters. The number of carboxylic acids is 1. The van der Waals surface area contributed by atoms with Crippen LogP contribution in [-0.4, -0.2) is 35.5 Å². The summed E-state index contributed by atoms with van der Waals surface area (Å²) in [6.07, 6.45) is 7.52. The van der Waals surface area contributed by atoms with Crippen molar-refractivity contribution in [2.75, 3.05) is 19.0 Å². The first-order valence-electron chi connectivity index (χ1n) is 15.2. The van der Waals surface area contributed by atoms with E-state index in [0.717, 1.165) is 12.0 Å². The maximum atomic E-state index is 11.5. The van der Waals surface area contributed by atoms with Crippen LogP contribution in [0, 0.1) is 0 Å². The highest BCUT2D eigenvalue weighted by Gasteiger charge is 2.45. The predicted molar refractivity (Wildman–Crippen MR) is 182 cm³/mol. The minimum Gasteiger partial charge on any atom is -0.478 e.